The van der Waals surface area contributed by atoms with Gasteiger partial charge in [-0.3, -0.25) is 10.1 Å². The number of benzene rings is 3. The van der Waals surface area contributed by atoms with Gasteiger partial charge in [0.25, 0.3) is 5.69 Å². The number of rotatable bonds is 5. The molecule has 0 aliphatic heterocycles. The van der Waals surface area contributed by atoms with Crippen LogP contribution in [-0.4, -0.2) is 9.91 Å². The molecule has 0 aliphatic rings. The molecule has 3 aromatic carbocycles. The third-order valence-corrected chi connectivity index (χ3v) is 5.06. The number of nitrogens with two attached hydrogens (primary N) is 1. The average molecular weight is 443 g/mol. The topological polar surface area (TPSA) is 115 Å². The number of halogens is 1. The van der Waals surface area contributed by atoms with Gasteiger partial charge in [0.15, 0.2) is 0 Å². The van der Waals surface area contributed by atoms with Crippen molar-refractivity contribution in [1.82, 2.24) is 4.98 Å². The van der Waals surface area contributed by atoms with E-state index in [2.05, 4.69) is 4.98 Å². The number of nitro benzene ring substituents is 1. The lowest BCUT2D eigenvalue weighted by Gasteiger charge is -2.11. The highest BCUT2D eigenvalue weighted by atomic mass is 35.5. The lowest BCUT2D eigenvalue weighted by Crippen LogP contribution is -2.00. The normalized spacial score (nSPS) is 10.4. The number of ether oxygens (including phenoxy) is 1. The molecule has 0 unspecified atom stereocenters. The molecule has 0 bridgehead atoms. The molecule has 32 heavy (non-hydrogen) atoms. The third-order valence-electron chi connectivity index (χ3n) is 4.74. The molecule has 0 saturated carbocycles. The van der Waals surface area contributed by atoms with Crippen LogP contribution in [0.5, 0.6) is 11.5 Å². The van der Waals surface area contributed by atoms with Crippen LogP contribution < -0.4 is 10.5 Å². The Morgan fingerprint density at radius 3 is 2.28 bits per heavy atom. The van der Waals surface area contributed by atoms with Gasteiger partial charge in [-0.1, -0.05) is 35.9 Å². The highest BCUT2D eigenvalue weighted by Gasteiger charge is 2.18. The average Bonchev–Trinajstić information content (AvgIpc) is 2.80. The van der Waals surface area contributed by atoms with Gasteiger partial charge in [0.1, 0.15) is 34.0 Å². The molecular weight excluding hydrogens is 428 g/mol. The van der Waals surface area contributed by atoms with Crippen LogP contribution in [0.4, 0.5) is 11.5 Å². The Labute approximate surface area is 188 Å². The van der Waals surface area contributed by atoms with Crippen molar-refractivity contribution in [3.63, 3.8) is 0 Å². The molecule has 0 radical (unpaired) electrons. The molecule has 4 aromatic rings. The predicted molar refractivity (Wildman–Crippen MR) is 122 cm³/mol. The van der Waals surface area contributed by atoms with Gasteiger partial charge < -0.3 is 10.5 Å². The van der Waals surface area contributed by atoms with Crippen molar-refractivity contribution < 1.29 is 9.66 Å². The number of aromatic nitrogens is 1. The number of hydrogen-bond donors (Lipinski definition) is 1. The lowest BCUT2D eigenvalue weighted by atomic mass is 9.98. The molecule has 1 aromatic heterocycles. The molecule has 0 spiro atoms. The second kappa shape index (κ2) is 8.76. The van der Waals surface area contributed by atoms with E-state index in [9.17, 15) is 15.4 Å². The minimum atomic E-state index is -0.575. The van der Waals surface area contributed by atoms with E-state index in [1.807, 2.05) is 48.5 Å². The van der Waals surface area contributed by atoms with Crippen molar-refractivity contribution in [2.45, 2.75) is 0 Å². The third kappa shape index (κ3) is 4.21. The largest absolute Gasteiger partial charge is 0.457 e. The lowest BCUT2D eigenvalue weighted by molar-refractivity contribution is -0.384. The Kier molecular flexibility index (Phi) is 5.71. The Hall–Kier alpha value is -4.41. The highest BCUT2D eigenvalue weighted by molar-refractivity contribution is 6.32. The number of pyridine rings is 1. The van der Waals surface area contributed by atoms with Gasteiger partial charge in [0, 0.05) is 17.2 Å². The number of anilines is 1. The SMILES string of the molecule is N#Cc1c(-c2ccc(Cl)c([N+](=O)[O-])c2)cc(-c2ccc(Oc3ccccc3)cc2)nc1N. The zero-order chi connectivity index (χ0) is 22.7. The van der Waals surface area contributed by atoms with Gasteiger partial charge in [0.2, 0.25) is 0 Å². The summed E-state index contributed by atoms with van der Waals surface area (Å²) in [6.07, 6.45) is 0. The fraction of sp³-hybridized carbons (Fsp3) is 0. The van der Waals surface area contributed by atoms with E-state index in [1.165, 1.54) is 12.1 Å². The molecule has 7 nitrogen and oxygen atoms in total. The first-order valence-electron chi connectivity index (χ1n) is 9.44. The zero-order valence-electron chi connectivity index (χ0n) is 16.5. The minimum absolute atomic E-state index is 0.00788. The monoisotopic (exact) mass is 442 g/mol. The van der Waals surface area contributed by atoms with E-state index in [-0.39, 0.29) is 22.1 Å². The van der Waals surface area contributed by atoms with Crippen LogP contribution in [0.1, 0.15) is 5.56 Å². The fourth-order valence-electron chi connectivity index (χ4n) is 3.20. The summed E-state index contributed by atoms with van der Waals surface area (Å²) in [4.78, 5) is 15.1. The van der Waals surface area contributed by atoms with Crippen LogP contribution in [0.15, 0.2) is 78.9 Å². The smallest absolute Gasteiger partial charge is 0.288 e. The Morgan fingerprint density at radius 2 is 1.62 bits per heavy atom. The Balaban J connectivity index is 1.74. The van der Waals surface area contributed by atoms with Crippen molar-refractivity contribution in [2.24, 2.45) is 0 Å². The molecule has 0 aliphatic carbocycles. The first-order chi connectivity index (χ1) is 15.5. The molecule has 0 saturated heterocycles. The quantitative estimate of drug-likeness (QED) is 0.289. The number of nitrogens with zero attached hydrogens (tertiary/aromatic N) is 3. The first-order valence-corrected chi connectivity index (χ1v) is 9.82. The van der Waals surface area contributed by atoms with Crippen LogP contribution in [0.25, 0.3) is 22.4 Å². The van der Waals surface area contributed by atoms with E-state index in [1.54, 1.807) is 24.3 Å². The van der Waals surface area contributed by atoms with Gasteiger partial charge >= 0.3 is 0 Å². The van der Waals surface area contributed by atoms with Crippen molar-refractivity contribution in [3.8, 4) is 40.0 Å². The summed E-state index contributed by atoms with van der Waals surface area (Å²) < 4.78 is 5.80. The standard InChI is InChI=1S/C24H15ClN4O3/c25-21-11-8-16(12-23(21)29(30)31)19-13-22(28-24(27)20(19)14-26)15-6-9-18(10-7-15)32-17-4-2-1-3-5-17/h1-13H,(H2,27,28). The van der Waals surface area contributed by atoms with Crippen LogP contribution in [0, 0.1) is 21.4 Å². The maximum absolute atomic E-state index is 11.3. The van der Waals surface area contributed by atoms with Gasteiger partial charge in [-0.05, 0) is 54.1 Å². The van der Waals surface area contributed by atoms with E-state index < -0.39 is 4.92 Å². The van der Waals surface area contributed by atoms with E-state index >= 15 is 0 Å². The van der Waals surface area contributed by atoms with E-state index in [0.717, 1.165) is 5.56 Å². The summed E-state index contributed by atoms with van der Waals surface area (Å²) in [6.45, 7) is 0. The summed E-state index contributed by atoms with van der Waals surface area (Å²) >= 11 is 5.93. The van der Waals surface area contributed by atoms with Crippen LogP contribution >= 0.6 is 11.6 Å². The second-order valence-electron chi connectivity index (χ2n) is 6.79. The van der Waals surface area contributed by atoms with Crippen molar-refractivity contribution in [2.75, 3.05) is 5.73 Å². The number of para-hydroxylation sites is 1. The molecule has 2 N–H and O–H groups in total. The maximum atomic E-state index is 11.3. The van der Waals surface area contributed by atoms with Crippen LogP contribution in [0.3, 0.4) is 0 Å². The predicted octanol–water partition coefficient (Wildman–Crippen LogP) is 6.22. The number of nitriles is 1. The molecule has 0 atom stereocenters. The van der Waals surface area contributed by atoms with Gasteiger partial charge in [-0.25, -0.2) is 4.98 Å². The van der Waals surface area contributed by atoms with Crippen molar-refractivity contribution in [1.29, 1.82) is 5.26 Å². The Morgan fingerprint density at radius 1 is 0.969 bits per heavy atom. The van der Waals surface area contributed by atoms with Gasteiger partial charge in [-0.2, -0.15) is 5.26 Å². The summed E-state index contributed by atoms with van der Waals surface area (Å²) in [5.74, 6) is 1.39. The van der Waals surface area contributed by atoms with E-state index in [0.29, 0.717) is 28.3 Å². The number of nitro groups is 1. The van der Waals surface area contributed by atoms with Gasteiger partial charge in [-0.15, -0.1) is 0 Å². The zero-order valence-corrected chi connectivity index (χ0v) is 17.3. The van der Waals surface area contributed by atoms with Crippen LogP contribution in [0.2, 0.25) is 5.02 Å². The van der Waals surface area contributed by atoms with Gasteiger partial charge in [0.05, 0.1) is 10.6 Å². The second-order valence-corrected chi connectivity index (χ2v) is 7.20. The summed E-state index contributed by atoms with van der Waals surface area (Å²) in [5, 5.41) is 20.9. The Bertz CT molecular complexity index is 1350. The molecule has 156 valence electrons. The molecule has 4 rings (SSSR count). The molecule has 0 amide bonds. The van der Waals surface area contributed by atoms with E-state index in [4.69, 9.17) is 22.1 Å². The summed E-state index contributed by atoms with van der Waals surface area (Å²) in [6, 6.07) is 24.7. The molecule has 8 heteroatoms. The number of hydrogen-bond acceptors (Lipinski definition) is 6. The fourth-order valence-corrected chi connectivity index (χ4v) is 3.38. The van der Waals surface area contributed by atoms with Crippen molar-refractivity contribution in [3.05, 3.63) is 99.6 Å². The van der Waals surface area contributed by atoms with Crippen molar-refractivity contribution >= 4 is 23.1 Å². The molecular formula is C24H15ClN4O3. The highest BCUT2D eigenvalue weighted by Crippen LogP contribution is 2.35. The van der Waals surface area contributed by atoms with Crippen LogP contribution in [-0.2, 0) is 0 Å². The molecule has 0 fully saturated rings. The summed E-state index contributed by atoms with van der Waals surface area (Å²) in [7, 11) is 0. The minimum Gasteiger partial charge on any atom is -0.457 e. The maximum Gasteiger partial charge on any atom is 0.288 e. The number of nitrogen functional groups attached to an aromatic ring is 1. The molecule has 1 heterocycles. The summed E-state index contributed by atoms with van der Waals surface area (Å²) in [5.41, 5.74) is 8.05. The first kappa shape index (κ1) is 20.8.